The first-order valence-electron chi connectivity index (χ1n) is 6.99. The van der Waals surface area contributed by atoms with Crippen LogP contribution in [0.25, 0.3) is 10.6 Å². The zero-order valence-electron chi connectivity index (χ0n) is 12.3. The minimum Gasteiger partial charge on any atom is -0.478 e. The van der Waals surface area contributed by atoms with E-state index in [9.17, 15) is 13.6 Å². The molecule has 0 aliphatic carbocycles. The van der Waals surface area contributed by atoms with Crippen molar-refractivity contribution in [1.29, 1.82) is 0 Å². The molecule has 0 fully saturated rings. The maximum Gasteiger partial charge on any atom is 0.335 e. The van der Waals surface area contributed by atoms with Gasteiger partial charge in [-0.25, -0.2) is 18.6 Å². The van der Waals surface area contributed by atoms with Gasteiger partial charge in [-0.3, -0.25) is 0 Å². The topological polar surface area (TPSA) is 62.2 Å². The smallest absolute Gasteiger partial charge is 0.335 e. The van der Waals surface area contributed by atoms with Crippen LogP contribution in [-0.2, 0) is 6.54 Å². The van der Waals surface area contributed by atoms with E-state index in [1.165, 1.54) is 35.6 Å². The molecule has 0 aliphatic heterocycles. The number of thiazole rings is 1. The summed E-state index contributed by atoms with van der Waals surface area (Å²) in [4.78, 5) is 15.4. The summed E-state index contributed by atoms with van der Waals surface area (Å²) in [7, 11) is 0. The van der Waals surface area contributed by atoms with Gasteiger partial charge in [-0.15, -0.1) is 11.3 Å². The number of carbonyl (C=O) groups is 1. The molecule has 0 saturated heterocycles. The fourth-order valence-corrected chi connectivity index (χ4v) is 2.95. The lowest BCUT2D eigenvalue weighted by molar-refractivity contribution is 0.0696. The Labute approximate surface area is 140 Å². The summed E-state index contributed by atoms with van der Waals surface area (Å²) < 4.78 is 26.4. The Bertz CT molecular complexity index is 879. The highest BCUT2D eigenvalue weighted by Gasteiger charge is 2.08. The Morgan fingerprint density at radius 2 is 1.88 bits per heavy atom. The first kappa shape index (κ1) is 16.1. The fraction of sp³-hybridized carbons (Fsp3) is 0.0588. The second-order valence-electron chi connectivity index (χ2n) is 5.04. The minimum atomic E-state index is -1.19. The van der Waals surface area contributed by atoms with Crippen molar-refractivity contribution in [1.82, 2.24) is 4.98 Å². The van der Waals surface area contributed by atoms with Gasteiger partial charge in [0.2, 0.25) is 0 Å². The lowest BCUT2D eigenvalue weighted by Gasteiger charge is -2.06. The molecule has 3 rings (SSSR count). The van der Waals surface area contributed by atoms with Crippen molar-refractivity contribution < 1.29 is 18.7 Å². The Morgan fingerprint density at radius 1 is 1.12 bits per heavy atom. The van der Waals surface area contributed by atoms with E-state index >= 15 is 0 Å². The molecule has 0 unspecified atom stereocenters. The number of nitrogens with zero attached hydrogens (tertiary/aromatic N) is 1. The van der Waals surface area contributed by atoms with E-state index in [2.05, 4.69) is 10.3 Å². The van der Waals surface area contributed by atoms with Crippen molar-refractivity contribution in [2.45, 2.75) is 6.54 Å². The van der Waals surface area contributed by atoms with Crippen LogP contribution in [0.5, 0.6) is 0 Å². The lowest BCUT2D eigenvalue weighted by atomic mass is 10.2. The summed E-state index contributed by atoms with van der Waals surface area (Å²) in [5.41, 5.74) is 1.78. The van der Waals surface area contributed by atoms with Crippen LogP contribution < -0.4 is 5.32 Å². The van der Waals surface area contributed by atoms with Gasteiger partial charge in [0.25, 0.3) is 0 Å². The maximum atomic E-state index is 13.4. The highest BCUT2D eigenvalue weighted by molar-refractivity contribution is 7.13. The Kier molecular flexibility index (Phi) is 4.52. The van der Waals surface area contributed by atoms with Crippen molar-refractivity contribution in [3.63, 3.8) is 0 Å². The van der Waals surface area contributed by atoms with Gasteiger partial charge in [0.15, 0.2) is 0 Å². The molecule has 4 nitrogen and oxygen atoms in total. The quantitative estimate of drug-likeness (QED) is 0.719. The molecule has 24 heavy (non-hydrogen) atoms. The third kappa shape index (κ3) is 3.75. The molecule has 2 N–H and O–H groups in total. The van der Waals surface area contributed by atoms with Gasteiger partial charge in [-0.1, -0.05) is 0 Å². The standard InChI is InChI=1S/C17H12F2N2O2S/c18-12-3-1-10(2-4-12)16-21-15(9-24-16)8-20-14-6-11(17(22)23)5-13(19)7-14/h1-7,9,20H,8H2,(H,22,23). The number of halogens is 2. The summed E-state index contributed by atoms with van der Waals surface area (Å²) in [5, 5.41) is 14.5. The van der Waals surface area contributed by atoms with Gasteiger partial charge in [0.1, 0.15) is 16.6 Å². The highest BCUT2D eigenvalue weighted by Crippen LogP contribution is 2.24. The lowest BCUT2D eigenvalue weighted by Crippen LogP contribution is -2.03. The number of aromatic nitrogens is 1. The Morgan fingerprint density at radius 3 is 2.58 bits per heavy atom. The summed E-state index contributed by atoms with van der Waals surface area (Å²) in [5.74, 6) is -2.12. The largest absolute Gasteiger partial charge is 0.478 e. The molecule has 1 heterocycles. The van der Waals surface area contributed by atoms with E-state index in [-0.39, 0.29) is 11.4 Å². The Balaban J connectivity index is 1.72. The number of hydrogen-bond donors (Lipinski definition) is 2. The normalized spacial score (nSPS) is 10.6. The van der Waals surface area contributed by atoms with Crippen LogP contribution in [0.3, 0.4) is 0 Å². The predicted octanol–water partition coefficient (Wildman–Crippen LogP) is 4.40. The van der Waals surface area contributed by atoms with Crippen molar-refractivity contribution in [3.8, 4) is 10.6 Å². The molecule has 122 valence electrons. The average molecular weight is 346 g/mol. The molecular formula is C17H12F2N2O2S. The van der Waals surface area contributed by atoms with E-state index in [4.69, 9.17) is 5.11 Å². The summed E-state index contributed by atoms with van der Waals surface area (Å²) in [6.07, 6.45) is 0. The highest BCUT2D eigenvalue weighted by atomic mass is 32.1. The number of benzene rings is 2. The molecule has 0 saturated carbocycles. The number of carboxylic acid groups (broad SMARTS) is 1. The van der Waals surface area contributed by atoms with Crippen LogP contribution in [0.1, 0.15) is 16.1 Å². The van der Waals surface area contributed by atoms with Crippen LogP contribution in [0.4, 0.5) is 14.5 Å². The van der Waals surface area contributed by atoms with E-state index in [1.807, 2.05) is 5.38 Å². The molecule has 0 amide bonds. The molecule has 0 bridgehead atoms. The molecule has 0 spiro atoms. The van der Waals surface area contributed by atoms with Gasteiger partial charge in [0.05, 0.1) is 17.8 Å². The molecule has 1 aromatic heterocycles. The van der Waals surface area contributed by atoms with Gasteiger partial charge in [-0.05, 0) is 42.5 Å². The van der Waals surface area contributed by atoms with E-state index in [0.29, 0.717) is 12.2 Å². The molecule has 3 aromatic rings. The van der Waals surface area contributed by atoms with Crippen molar-refractivity contribution >= 4 is 23.0 Å². The summed E-state index contributed by atoms with van der Waals surface area (Å²) >= 11 is 1.41. The first-order chi connectivity index (χ1) is 11.5. The molecule has 0 atom stereocenters. The zero-order chi connectivity index (χ0) is 17.1. The van der Waals surface area contributed by atoms with Gasteiger partial charge in [0, 0.05) is 16.6 Å². The van der Waals surface area contributed by atoms with Crippen molar-refractivity contribution in [3.05, 3.63) is 70.7 Å². The van der Waals surface area contributed by atoms with Crippen LogP contribution in [0.2, 0.25) is 0 Å². The van der Waals surface area contributed by atoms with Crippen LogP contribution in [0, 0.1) is 11.6 Å². The summed E-state index contributed by atoms with van der Waals surface area (Å²) in [6.45, 7) is 0.320. The van der Waals surface area contributed by atoms with Gasteiger partial charge >= 0.3 is 5.97 Å². The second kappa shape index (κ2) is 6.76. The molecule has 2 aromatic carbocycles. The van der Waals surface area contributed by atoms with Gasteiger partial charge < -0.3 is 10.4 Å². The van der Waals surface area contributed by atoms with Crippen LogP contribution in [0.15, 0.2) is 47.8 Å². The molecule has 0 aliphatic rings. The number of nitrogens with one attached hydrogen (secondary N) is 1. The fourth-order valence-electron chi connectivity index (χ4n) is 2.12. The first-order valence-corrected chi connectivity index (χ1v) is 7.87. The van der Waals surface area contributed by atoms with E-state index in [1.54, 1.807) is 12.1 Å². The summed E-state index contributed by atoms with van der Waals surface area (Å²) in [6, 6.07) is 9.58. The van der Waals surface area contributed by atoms with Crippen LogP contribution in [-0.4, -0.2) is 16.1 Å². The number of hydrogen-bond acceptors (Lipinski definition) is 4. The van der Waals surface area contributed by atoms with E-state index in [0.717, 1.165) is 22.3 Å². The molecule has 0 radical (unpaired) electrons. The third-order valence-electron chi connectivity index (χ3n) is 3.26. The molecular weight excluding hydrogens is 334 g/mol. The van der Waals surface area contributed by atoms with Gasteiger partial charge in [-0.2, -0.15) is 0 Å². The number of aromatic carboxylic acids is 1. The van der Waals surface area contributed by atoms with Crippen molar-refractivity contribution in [2.75, 3.05) is 5.32 Å². The maximum absolute atomic E-state index is 13.4. The Hall–Kier alpha value is -2.80. The second-order valence-corrected chi connectivity index (χ2v) is 5.90. The predicted molar refractivity (Wildman–Crippen MR) is 88.2 cm³/mol. The SMILES string of the molecule is O=C(O)c1cc(F)cc(NCc2csc(-c3ccc(F)cc3)n2)c1. The average Bonchev–Trinajstić information content (AvgIpc) is 3.02. The monoisotopic (exact) mass is 346 g/mol. The number of rotatable bonds is 5. The third-order valence-corrected chi connectivity index (χ3v) is 4.20. The minimum absolute atomic E-state index is 0.122. The zero-order valence-corrected chi connectivity index (χ0v) is 13.1. The molecule has 7 heteroatoms. The van der Waals surface area contributed by atoms with E-state index < -0.39 is 11.8 Å². The van der Waals surface area contributed by atoms with Crippen LogP contribution >= 0.6 is 11.3 Å². The van der Waals surface area contributed by atoms with Crippen molar-refractivity contribution in [2.24, 2.45) is 0 Å². The number of anilines is 1. The number of carboxylic acids is 1.